The van der Waals surface area contributed by atoms with Crippen molar-refractivity contribution in [2.24, 2.45) is 0 Å². The van der Waals surface area contributed by atoms with Crippen molar-refractivity contribution >= 4 is 0 Å². The molecule has 0 spiro atoms. The molecule has 0 atom stereocenters. The van der Waals surface area contributed by atoms with Crippen LogP contribution in [0.3, 0.4) is 0 Å². The van der Waals surface area contributed by atoms with Gasteiger partial charge in [-0.25, -0.2) is 0 Å². The monoisotopic (exact) mass is 478 g/mol. The summed E-state index contributed by atoms with van der Waals surface area (Å²) in [5.74, 6) is 1.82. The molecule has 0 saturated heterocycles. The first-order valence-corrected chi connectivity index (χ1v) is 13.3. The molecule has 4 rings (SSSR count). The Balaban J connectivity index is 1.53. The van der Waals surface area contributed by atoms with Crippen molar-refractivity contribution in [3.05, 3.63) is 131 Å². The minimum Gasteiger partial charge on any atom is -0.489 e. The minimum absolute atomic E-state index is 0.0132. The van der Waals surface area contributed by atoms with Gasteiger partial charge in [0, 0.05) is 5.41 Å². The summed E-state index contributed by atoms with van der Waals surface area (Å²) in [6, 6.07) is 38.2. The predicted molar refractivity (Wildman–Crippen MR) is 150 cm³/mol. The molecule has 0 unspecified atom stereocenters. The van der Waals surface area contributed by atoms with E-state index < -0.39 is 0 Å². The molecule has 186 valence electrons. The Morgan fingerprint density at radius 1 is 0.500 bits per heavy atom. The van der Waals surface area contributed by atoms with Gasteiger partial charge in [0.25, 0.3) is 0 Å². The van der Waals surface area contributed by atoms with E-state index in [1.165, 1.54) is 35.1 Å². The van der Waals surface area contributed by atoms with Gasteiger partial charge in [0.05, 0.1) is 0 Å². The zero-order valence-electron chi connectivity index (χ0n) is 21.7. The molecular formula is C34H38O2. The molecule has 4 aromatic rings. The van der Waals surface area contributed by atoms with Gasteiger partial charge in [-0.1, -0.05) is 118 Å². The van der Waals surface area contributed by atoms with Crippen LogP contribution in [-0.2, 0) is 18.6 Å². The summed E-state index contributed by atoms with van der Waals surface area (Å²) in [6.45, 7) is 5.73. The van der Waals surface area contributed by atoms with E-state index in [-0.39, 0.29) is 5.41 Å². The summed E-state index contributed by atoms with van der Waals surface area (Å²) >= 11 is 0. The fourth-order valence-electron chi connectivity index (χ4n) is 5.00. The van der Waals surface area contributed by atoms with Crippen molar-refractivity contribution in [1.82, 2.24) is 0 Å². The lowest BCUT2D eigenvalue weighted by atomic mass is 9.68. The van der Waals surface area contributed by atoms with Gasteiger partial charge >= 0.3 is 0 Å². The van der Waals surface area contributed by atoms with Crippen LogP contribution in [0, 0.1) is 0 Å². The second-order valence-corrected chi connectivity index (χ2v) is 9.53. The van der Waals surface area contributed by atoms with Gasteiger partial charge in [-0.05, 0) is 59.4 Å². The van der Waals surface area contributed by atoms with E-state index in [1.807, 2.05) is 36.4 Å². The van der Waals surface area contributed by atoms with Crippen LogP contribution in [0.4, 0.5) is 0 Å². The van der Waals surface area contributed by atoms with Crippen LogP contribution in [0.2, 0.25) is 0 Å². The van der Waals surface area contributed by atoms with Gasteiger partial charge in [-0.3, -0.25) is 0 Å². The summed E-state index contributed by atoms with van der Waals surface area (Å²) in [5, 5.41) is 0. The molecule has 0 aliphatic heterocycles. The molecule has 0 fully saturated rings. The second-order valence-electron chi connectivity index (χ2n) is 9.53. The molecule has 0 bridgehead atoms. The lowest BCUT2D eigenvalue weighted by Crippen LogP contribution is -2.27. The first kappa shape index (κ1) is 25.6. The van der Waals surface area contributed by atoms with Crippen LogP contribution in [-0.4, -0.2) is 0 Å². The van der Waals surface area contributed by atoms with Crippen molar-refractivity contribution in [2.75, 3.05) is 0 Å². The Kier molecular flexibility index (Phi) is 9.21. The van der Waals surface area contributed by atoms with Crippen LogP contribution in [0.1, 0.15) is 68.2 Å². The maximum atomic E-state index is 6.07. The van der Waals surface area contributed by atoms with Crippen molar-refractivity contribution in [3.63, 3.8) is 0 Å². The standard InChI is InChI=1S/C34H38O2/c1-3-5-25-34(24-4-2,30-16-20-32(21-17-30)35-26-28-12-8-6-9-13-28)31-18-22-33(23-19-31)36-27-29-14-10-7-11-15-29/h6-23H,3-5,24-27H2,1-2H3. The highest BCUT2D eigenvalue weighted by Gasteiger charge is 2.33. The zero-order valence-corrected chi connectivity index (χ0v) is 21.7. The van der Waals surface area contributed by atoms with Gasteiger partial charge in [-0.15, -0.1) is 0 Å². The summed E-state index contributed by atoms with van der Waals surface area (Å²) in [6.07, 6.45) is 5.75. The zero-order chi connectivity index (χ0) is 25.1. The van der Waals surface area contributed by atoms with E-state index >= 15 is 0 Å². The molecule has 36 heavy (non-hydrogen) atoms. The summed E-state index contributed by atoms with van der Waals surface area (Å²) in [7, 11) is 0. The van der Waals surface area contributed by atoms with Crippen molar-refractivity contribution in [1.29, 1.82) is 0 Å². The summed E-state index contributed by atoms with van der Waals surface area (Å²) < 4.78 is 12.1. The smallest absolute Gasteiger partial charge is 0.119 e. The maximum Gasteiger partial charge on any atom is 0.119 e. The van der Waals surface area contributed by atoms with E-state index in [4.69, 9.17) is 9.47 Å². The third kappa shape index (κ3) is 6.57. The third-order valence-electron chi connectivity index (χ3n) is 6.94. The van der Waals surface area contributed by atoms with Gasteiger partial charge in [0.1, 0.15) is 24.7 Å². The first-order valence-electron chi connectivity index (χ1n) is 13.3. The third-order valence-corrected chi connectivity index (χ3v) is 6.94. The number of benzene rings is 4. The summed E-state index contributed by atoms with van der Waals surface area (Å²) in [5.41, 5.74) is 5.07. The number of hydrogen-bond acceptors (Lipinski definition) is 2. The van der Waals surface area contributed by atoms with E-state index in [1.54, 1.807) is 0 Å². The molecule has 0 heterocycles. The SMILES string of the molecule is CCCCC(CCC)(c1ccc(OCc2ccccc2)cc1)c1ccc(OCc2ccccc2)cc1. The maximum absolute atomic E-state index is 6.07. The highest BCUT2D eigenvalue weighted by molar-refractivity contribution is 5.43. The molecule has 0 amide bonds. The minimum atomic E-state index is -0.0132. The van der Waals surface area contributed by atoms with Crippen LogP contribution in [0.15, 0.2) is 109 Å². The first-order chi connectivity index (χ1) is 17.7. The van der Waals surface area contributed by atoms with Crippen molar-refractivity contribution < 1.29 is 9.47 Å². The lowest BCUT2D eigenvalue weighted by molar-refractivity contribution is 0.305. The number of unbranched alkanes of at least 4 members (excludes halogenated alkanes) is 1. The Bertz CT molecular complexity index is 1060. The Morgan fingerprint density at radius 3 is 1.33 bits per heavy atom. The van der Waals surface area contributed by atoms with E-state index in [9.17, 15) is 0 Å². The van der Waals surface area contributed by atoms with Crippen molar-refractivity contribution in [2.45, 2.75) is 64.6 Å². The normalized spacial score (nSPS) is 11.3. The fourth-order valence-corrected chi connectivity index (χ4v) is 5.00. The Morgan fingerprint density at radius 2 is 0.944 bits per heavy atom. The molecule has 0 N–H and O–H groups in total. The van der Waals surface area contributed by atoms with E-state index in [0.717, 1.165) is 30.8 Å². The van der Waals surface area contributed by atoms with Crippen LogP contribution >= 0.6 is 0 Å². The average molecular weight is 479 g/mol. The van der Waals surface area contributed by atoms with Crippen LogP contribution in [0.25, 0.3) is 0 Å². The van der Waals surface area contributed by atoms with Crippen molar-refractivity contribution in [3.8, 4) is 11.5 Å². The second kappa shape index (κ2) is 13.0. The fraction of sp³-hybridized carbons (Fsp3) is 0.294. The molecule has 2 nitrogen and oxygen atoms in total. The Hall–Kier alpha value is -3.52. The van der Waals surface area contributed by atoms with Crippen LogP contribution < -0.4 is 9.47 Å². The van der Waals surface area contributed by atoms with Gasteiger partial charge in [0.2, 0.25) is 0 Å². The number of rotatable bonds is 13. The van der Waals surface area contributed by atoms with E-state index in [0.29, 0.717) is 13.2 Å². The number of ether oxygens (including phenoxy) is 2. The number of hydrogen-bond donors (Lipinski definition) is 0. The lowest BCUT2D eigenvalue weighted by Gasteiger charge is -2.35. The topological polar surface area (TPSA) is 18.5 Å². The quantitative estimate of drug-likeness (QED) is 0.191. The molecule has 2 heteroatoms. The molecule has 0 aromatic heterocycles. The molecule has 0 aliphatic rings. The molecule has 0 saturated carbocycles. The van der Waals surface area contributed by atoms with E-state index in [2.05, 4.69) is 86.6 Å². The molecule has 0 aliphatic carbocycles. The van der Waals surface area contributed by atoms with Gasteiger partial charge in [-0.2, -0.15) is 0 Å². The van der Waals surface area contributed by atoms with Gasteiger partial charge < -0.3 is 9.47 Å². The average Bonchev–Trinajstić information content (AvgIpc) is 2.95. The van der Waals surface area contributed by atoms with Crippen LogP contribution in [0.5, 0.6) is 11.5 Å². The highest BCUT2D eigenvalue weighted by Crippen LogP contribution is 2.42. The molecule has 4 aromatic carbocycles. The molecular weight excluding hydrogens is 440 g/mol. The molecule has 0 radical (unpaired) electrons. The highest BCUT2D eigenvalue weighted by atomic mass is 16.5. The largest absolute Gasteiger partial charge is 0.489 e. The predicted octanol–water partition coefficient (Wildman–Crippen LogP) is 9.12. The van der Waals surface area contributed by atoms with Gasteiger partial charge in [0.15, 0.2) is 0 Å². The summed E-state index contributed by atoms with van der Waals surface area (Å²) in [4.78, 5) is 0. The Labute approximate surface area is 216 Å².